The molecule has 0 aromatic carbocycles. The van der Waals surface area contributed by atoms with E-state index in [0.29, 0.717) is 6.42 Å². The molecule has 0 radical (unpaired) electrons. The molecule has 5 nitrogen and oxygen atoms in total. The van der Waals surface area contributed by atoms with E-state index in [1.807, 2.05) is 27.0 Å². The average molecular weight is 317 g/mol. The zero-order chi connectivity index (χ0) is 16.5. The van der Waals surface area contributed by atoms with Crippen molar-refractivity contribution in [1.29, 1.82) is 0 Å². The van der Waals surface area contributed by atoms with E-state index in [9.17, 15) is 9.59 Å². The number of carbonyl (C=O) groups excluding carboxylic acids is 2. The van der Waals surface area contributed by atoms with Crippen LogP contribution in [0.5, 0.6) is 0 Å². The van der Waals surface area contributed by atoms with Crippen LogP contribution in [-0.2, 0) is 14.3 Å². The summed E-state index contributed by atoms with van der Waals surface area (Å²) >= 11 is 1.65. The van der Waals surface area contributed by atoms with Gasteiger partial charge in [0.05, 0.1) is 0 Å². The Morgan fingerprint density at radius 3 is 2.10 bits per heavy atom. The van der Waals surface area contributed by atoms with Crippen LogP contribution in [0.1, 0.15) is 48.0 Å². The van der Waals surface area contributed by atoms with Gasteiger partial charge in [-0.05, 0) is 60.0 Å². The highest BCUT2D eigenvalue weighted by molar-refractivity contribution is 7.98. The first kappa shape index (κ1) is 18.1. The first-order chi connectivity index (χ1) is 9.39. The molecule has 0 aromatic heterocycles. The Bertz CT molecular complexity index is 411. The van der Waals surface area contributed by atoms with Gasteiger partial charge in [-0.3, -0.25) is 0 Å². The molecule has 0 unspecified atom stereocenters. The van der Waals surface area contributed by atoms with Gasteiger partial charge in [-0.25, -0.2) is 9.59 Å². The van der Waals surface area contributed by atoms with E-state index >= 15 is 0 Å². The van der Waals surface area contributed by atoms with E-state index in [2.05, 4.69) is 5.32 Å². The number of carbonyl (C=O) groups is 2. The predicted octanol–water partition coefficient (Wildman–Crippen LogP) is 2.97. The maximum Gasteiger partial charge on any atom is 0.408 e. The Labute approximate surface area is 131 Å². The average Bonchev–Trinajstić information content (AvgIpc) is 2.87. The largest absolute Gasteiger partial charge is 0.458 e. The number of ether oxygens (including phenoxy) is 2. The minimum atomic E-state index is -0.932. The summed E-state index contributed by atoms with van der Waals surface area (Å²) in [6, 6.07) is 0. The third kappa shape index (κ3) is 5.41. The number of hydrogen-bond donors (Lipinski definition) is 1. The van der Waals surface area contributed by atoms with Crippen molar-refractivity contribution in [2.75, 3.05) is 12.0 Å². The molecule has 1 amide bonds. The Kier molecular flexibility index (Phi) is 5.24. The number of hydrogen-bond acceptors (Lipinski definition) is 5. The standard InChI is InChI=1S/C15H27NO4S/c1-13(2,3)19-11(17)15(8-10(15)9-21-7)16-12(18)20-14(4,5)6/h10H,8-9H2,1-7H3,(H,16,18)/t10-,15-/m0/s1. The Morgan fingerprint density at radius 1 is 1.14 bits per heavy atom. The van der Waals surface area contributed by atoms with Crippen LogP contribution in [0.3, 0.4) is 0 Å². The van der Waals surface area contributed by atoms with Crippen molar-refractivity contribution < 1.29 is 19.1 Å². The van der Waals surface area contributed by atoms with E-state index in [0.717, 1.165) is 5.75 Å². The molecule has 6 heteroatoms. The summed E-state index contributed by atoms with van der Waals surface area (Å²) in [5, 5.41) is 2.73. The number of nitrogens with one attached hydrogen (secondary N) is 1. The number of amides is 1. The van der Waals surface area contributed by atoms with Crippen LogP contribution in [0.2, 0.25) is 0 Å². The molecule has 0 saturated heterocycles. The van der Waals surface area contributed by atoms with E-state index in [4.69, 9.17) is 9.47 Å². The molecule has 1 aliphatic carbocycles. The summed E-state index contributed by atoms with van der Waals surface area (Å²) < 4.78 is 10.7. The molecule has 21 heavy (non-hydrogen) atoms. The highest BCUT2D eigenvalue weighted by Gasteiger charge is 2.63. The lowest BCUT2D eigenvalue weighted by Crippen LogP contribution is -2.49. The molecule has 0 aromatic rings. The van der Waals surface area contributed by atoms with Gasteiger partial charge in [0.15, 0.2) is 0 Å². The van der Waals surface area contributed by atoms with Gasteiger partial charge >= 0.3 is 12.1 Å². The number of esters is 1. The van der Waals surface area contributed by atoms with Crippen LogP contribution < -0.4 is 5.32 Å². The van der Waals surface area contributed by atoms with Crippen LogP contribution in [-0.4, -0.2) is 40.8 Å². The molecule has 0 spiro atoms. The number of rotatable bonds is 4. The van der Waals surface area contributed by atoms with Gasteiger partial charge in [-0.1, -0.05) is 0 Å². The highest BCUT2D eigenvalue weighted by atomic mass is 32.2. The Balaban J connectivity index is 2.77. The molecular formula is C15H27NO4S. The molecule has 0 heterocycles. The minimum absolute atomic E-state index is 0.0925. The van der Waals surface area contributed by atoms with Crippen molar-refractivity contribution in [3.63, 3.8) is 0 Å². The van der Waals surface area contributed by atoms with Crippen LogP contribution in [0.25, 0.3) is 0 Å². The van der Waals surface area contributed by atoms with Gasteiger partial charge in [0, 0.05) is 5.92 Å². The monoisotopic (exact) mass is 317 g/mol. The van der Waals surface area contributed by atoms with Crippen molar-refractivity contribution in [1.82, 2.24) is 5.32 Å². The maximum absolute atomic E-state index is 12.4. The lowest BCUT2D eigenvalue weighted by atomic mass is 10.1. The fraction of sp³-hybridized carbons (Fsp3) is 0.867. The maximum atomic E-state index is 12.4. The molecule has 1 fully saturated rings. The molecular weight excluding hydrogens is 290 g/mol. The highest BCUT2D eigenvalue weighted by Crippen LogP contribution is 2.47. The molecule has 1 rings (SSSR count). The lowest BCUT2D eigenvalue weighted by Gasteiger charge is -2.27. The van der Waals surface area contributed by atoms with Crippen molar-refractivity contribution in [2.24, 2.45) is 5.92 Å². The topological polar surface area (TPSA) is 64.6 Å². The van der Waals surface area contributed by atoms with Crippen molar-refractivity contribution in [3.8, 4) is 0 Å². The Morgan fingerprint density at radius 2 is 1.67 bits per heavy atom. The third-order valence-electron chi connectivity index (χ3n) is 2.96. The van der Waals surface area contributed by atoms with Crippen LogP contribution in [0.4, 0.5) is 4.79 Å². The third-order valence-corrected chi connectivity index (χ3v) is 3.70. The van der Waals surface area contributed by atoms with Gasteiger partial charge in [0.1, 0.15) is 16.7 Å². The molecule has 1 N–H and O–H groups in total. The smallest absolute Gasteiger partial charge is 0.408 e. The summed E-state index contributed by atoms with van der Waals surface area (Å²) in [5.74, 6) is 0.518. The quantitative estimate of drug-likeness (QED) is 0.808. The number of thioether (sulfide) groups is 1. The Hall–Kier alpha value is -0.910. The second kappa shape index (κ2) is 6.07. The van der Waals surface area contributed by atoms with E-state index in [1.165, 1.54) is 0 Å². The molecule has 0 bridgehead atoms. The van der Waals surface area contributed by atoms with Crippen LogP contribution in [0.15, 0.2) is 0 Å². The van der Waals surface area contributed by atoms with E-state index < -0.39 is 22.8 Å². The van der Waals surface area contributed by atoms with Gasteiger partial charge < -0.3 is 14.8 Å². The minimum Gasteiger partial charge on any atom is -0.458 e. The SMILES string of the molecule is CSC[C@@H]1C[C@@]1(NC(=O)OC(C)(C)C)C(=O)OC(C)(C)C. The van der Waals surface area contributed by atoms with Gasteiger partial charge in [0.2, 0.25) is 0 Å². The molecule has 1 aliphatic rings. The summed E-state index contributed by atoms with van der Waals surface area (Å²) in [6.45, 7) is 10.8. The molecule has 0 aliphatic heterocycles. The second-order valence-corrected chi connectivity index (χ2v) is 8.37. The fourth-order valence-corrected chi connectivity index (χ4v) is 2.85. The predicted molar refractivity (Wildman–Crippen MR) is 84.4 cm³/mol. The van der Waals surface area contributed by atoms with Gasteiger partial charge in [0.25, 0.3) is 0 Å². The van der Waals surface area contributed by atoms with E-state index in [1.54, 1.807) is 32.5 Å². The summed E-state index contributed by atoms with van der Waals surface area (Å²) in [7, 11) is 0. The van der Waals surface area contributed by atoms with Gasteiger partial charge in [-0.15, -0.1) is 0 Å². The van der Waals surface area contributed by atoms with Gasteiger partial charge in [-0.2, -0.15) is 11.8 Å². The van der Waals surface area contributed by atoms with Crippen molar-refractivity contribution in [3.05, 3.63) is 0 Å². The summed E-state index contributed by atoms with van der Waals surface area (Å²) in [5.41, 5.74) is -2.10. The van der Waals surface area contributed by atoms with E-state index in [-0.39, 0.29) is 11.9 Å². The molecule has 1 saturated carbocycles. The number of alkyl carbamates (subject to hydrolysis) is 1. The van der Waals surface area contributed by atoms with Crippen molar-refractivity contribution >= 4 is 23.8 Å². The first-order valence-corrected chi connectivity index (χ1v) is 8.52. The van der Waals surface area contributed by atoms with Crippen LogP contribution in [0, 0.1) is 5.92 Å². The second-order valence-electron chi connectivity index (χ2n) is 7.46. The normalized spacial score (nSPS) is 25.2. The van der Waals surface area contributed by atoms with Crippen molar-refractivity contribution in [2.45, 2.75) is 64.7 Å². The first-order valence-electron chi connectivity index (χ1n) is 7.13. The fourth-order valence-electron chi connectivity index (χ4n) is 2.04. The zero-order valence-corrected chi connectivity index (χ0v) is 14.8. The zero-order valence-electron chi connectivity index (χ0n) is 14.0. The molecule has 122 valence electrons. The molecule has 2 atom stereocenters. The lowest BCUT2D eigenvalue weighted by molar-refractivity contribution is -0.159. The summed E-state index contributed by atoms with van der Waals surface area (Å²) in [4.78, 5) is 24.4. The summed E-state index contributed by atoms with van der Waals surface area (Å²) in [6.07, 6.45) is 2.00. The van der Waals surface area contributed by atoms with Crippen LogP contribution >= 0.6 is 11.8 Å².